The third-order valence-corrected chi connectivity index (χ3v) is 4.31. The lowest BCUT2D eigenvalue weighted by Gasteiger charge is -2.31. The summed E-state index contributed by atoms with van der Waals surface area (Å²) in [7, 11) is 1.61. The predicted molar refractivity (Wildman–Crippen MR) is 89.2 cm³/mol. The molecular weight excluding hydrogens is 306 g/mol. The zero-order valence-corrected chi connectivity index (χ0v) is 14.0. The molecule has 2 rings (SSSR count). The van der Waals surface area contributed by atoms with Crippen LogP contribution < -0.4 is 10.1 Å². The van der Waals surface area contributed by atoms with Crippen LogP contribution in [0.15, 0.2) is 24.3 Å². The fourth-order valence-corrected chi connectivity index (χ4v) is 2.82. The molecule has 128 valence electrons. The molecule has 0 aromatic heterocycles. The maximum Gasteiger partial charge on any atom is 0.236 e. The zero-order chi connectivity index (χ0) is 17.4. The van der Waals surface area contributed by atoms with Crippen LogP contribution >= 0.6 is 0 Å². The molecule has 1 fully saturated rings. The number of carbonyl (C=O) groups excluding carboxylic acids is 2. The number of hydrogen-bond acceptors (Lipinski definition) is 4. The zero-order valence-electron chi connectivity index (χ0n) is 14.0. The standard InChI is InChI=1S/C18H23N3O3/c1-24-16-4-2-14(3-5-16)12-17(22)20-13-15-7-10-21(11-8-15)18(23)6-9-19/h2-5,15H,6-8,10-13H2,1H3,(H,20,22). The highest BCUT2D eigenvalue weighted by Gasteiger charge is 2.22. The van der Waals surface area contributed by atoms with Crippen LogP contribution in [0.1, 0.15) is 24.8 Å². The second-order valence-corrected chi connectivity index (χ2v) is 5.99. The van der Waals surface area contributed by atoms with Gasteiger partial charge in [-0.3, -0.25) is 9.59 Å². The average Bonchev–Trinajstić information content (AvgIpc) is 2.61. The van der Waals surface area contributed by atoms with Crippen LogP contribution in [-0.4, -0.2) is 43.5 Å². The van der Waals surface area contributed by atoms with Crippen molar-refractivity contribution in [1.29, 1.82) is 5.26 Å². The van der Waals surface area contributed by atoms with E-state index >= 15 is 0 Å². The van der Waals surface area contributed by atoms with Gasteiger partial charge in [0.25, 0.3) is 0 Å². The summed E-state index contributed by atoms with van der Waals surface area (Å²) in [4.78, 5) is 25.4. The van der Waals surface area contributed by atoms with Crippen molar-refractivity contribution >= 4 is 11.8 Å². The summed E-state index contributed by atoms with van der Waals surface area (Å²) in [5.41, 5.74) is 0.949. The van der Waals surface area contributed by atoms with Gasteiger partial charge in [-0.25, -0.2) is 0 Å². The van der Waals surface area contributed by atoms with E-state index in [-0.39, 0.29) is 18.2 Å². The lowest BCUT2D eigenvalue weighted by Crippen LogP contribution is -2.41. The number of methoxy groups -OCH3 is 1. The molecule has 0 bridgehead atoms. The number of ether oxygens (including phenoxy) is 1. The smallest absolute Gasteiger partial charge is 0.236 e. The Morgan fingerprint density at radius 2 is 1.96 bits per heavy atom. The molecule has 6 nitrogen and oxygen atoms in total. The van der Waals surface area contributed by atoms with Crippen LogP contribution in [0.25, 0.3) is 0 Å². The molecule has 2 amide bonds. The summed E-state index contributed by atoms with van der Waals surface area (Å²) in [5.74, 6) is 1.07. The van der Waals surface area contributed by atoms with Crippen LogP contribution in [0.2, 0.25) is 0 Å². The van der Waals surface area contributed by atoms with Crippen molar-refractivity contribution in [1.82, 2.24) is 10.2 Å². The van der Waals surface area contributed by atoms with E-state index in [0.29, 0.717) is 32.0 Å². The summed E-state index contributed by atoms with van der Waals surface area (Å²) < 4.78 is 5.10. The maximum absolute atomic E-state index is 12.0. The van der Waals surface area contributed by atoms with Crippen LogP contribution in [0.3, 0.4) is 0 Å². The Hall–Kier alpha value is -2.55. The Morgan fingerprint density at radius 3 is 2.54 bits per heavy atom. The van der Waals surface area contributed by atoms with Gasteiger partial charge in [-0.05, 0) is 36.5 Å². The molecule has 1 aliphatic heterocycles. The molecule has 1 N–H and O–H groups in total. The monoisotopic (exact) mass is 329 g/mol. The largest absolute Gasteiger partial charge is 0.497 e. The van der Waals surface area contributed by atoms with Gasteiger partial charge in [-0.2, -0.15) is 5.26 Å². The fourth-order valence-electron chi connectivity index (χ4n) is 2.82. The molecule has 0 saturated carbocycles. The van der Waals surface area contributed by atoms with Crippen molar-refractivity contribution in [3.63, 3.8) is 0 Å². The molecule has 1 aliphatic rings. The molecule has 1 heterocycles. The minimum Gasteiger partial charge on any atom is -0.497 e. The van der Waals surface area contributed by atoms with Gasteiger partial charge in [-0.15, -0.1) is 0 Å². The summed E-state index contributed by atoms with van der Waals surface area (Å²) in [6, 6.07) is 9.35. The van der Waals surface area contributed by atoms with Gasteiger partial charge in [0.2, 0.25) is 11.8 Å². The number of hydrogen-bond donors (Lipinski definition) is 1. The number of rotatable bonds is 6. The molecule has 0 aliphatic carbocycles. The quantitative estimate of drug-likeness (QED) is 0.857. The van der Waals surface area contributed by atoms with Gasteiger partial charge in [0.05, 0.1) is 19.6 Å². The molecule has 0 atom stereocenters. The van der Waals surface area contributed by atoms with Gasteiger partial charge in [0.15, 0.2) is 0 Å². The van der Waals surface area contributed by atoms with Gasteiger partial charge in [0, 0.05) is 19.6 Å². The minimum absolute atomic E-state index is 0.00292. The van der Waals surface area contributed by atoms with Crippen LogP contribution in [0.5, 0.6) is 5.75 Å². The van der Waals surface area contributed by atoms with E-state index in [0.717, 1.165) is 24.2 Å². The second-order valence-electron chi connectivity index (χ2n) is 5.99. The summed E-state index contributed by atoms with van der Waals surface area (Å²) in [6.45, 7) is 1.97. The molecule has 6 heteroatoms. The maximum atomic E-state index is 12.0. The Balaban J connectivity index is 1.69. The normalized spacial score (nSPS) is 14.8. The molecule has 1 aromatic carbocycles. The van der Waals surface area contributed by atoms with E-state index in [1.807, 2.05) is 30.3 Å². The number of amides is 2. The van der Waals surface area contributed by atoms with Crippen LogP contribution in [-0.2, 0) is 16.0 Å². The van der Waals surface area contributed by atoms with Crippen molar-refractivity contribution in [3.8, 4) is 11.8 Å². The van der Waals surface area contributed by atoms with Crippen molar-refractivity contribution in [2.45, 2.75) is 25.7 Å². The molecule has 0 radical (unpaired) electrons. The number of carbonyl (C=O) groups is 2. The number of nitriles is 1. The first-order valence-electron chi connectivity index (χ1n) is 8.16. The number of piperidine rings is 1. The molecule has 1 saturated heterocycles. The Bertz CT molecular complexity index is 599. The first-order chi connectivity index (χ1) is 11.6. The van der Waals surface area contributed by atoms with Gasteiger partial charge < -0.3 is 15.0 Å². The van der Waals surface area contributed by atoms with Crippen molar-refractivity contribution in [2.24, 2.45) is 5.92 Å². The third kappa shape index (κ3) is 5.27. The molecular formula is C18H23N3O3. The van der Waals surface area contributed by atoms with Crippen molar-refractivity contribution in [2.75, 3.05) is 26.7 Å². The predicted octanol–water partition coefficient (Wildman–Crippen LogP) is 1.51. The van der Waals surface area contributed by atoms with Crippen LogP contribution in [0, 0.1) is 17.2 Å². The topological polar surface area (TPSA) is 82.4 Å². The number of benzene rings is 1. The van der Waals surface area contributed by atoms with E-state index in [4.69, 9.17) is 10.00 Å². The lowest BCUT2D eigenvalue weighted by atomic mass is 9.96. The Labute approximate surface area is 142 Å². The van der Waals surface area contributed by atoms with E-state index in [1.165, 1.54) is 0 Å². The third-order valence-electron chi connectivity index (χ3n) is 4.31. The number of likely N-dealkylation sites (tertiary alicyclic amines) is 1. The van der Waals surface area contributed by atoms with Crippen molar-refractivity contribution in [3.05, 3.63) is 29.8 Å². The van der Waals surface area contributed by atoms with Gasteiger partial charge >= 0.3 is 0 Å². The van der Waals surface area contributed by atoms with Gasteiger partial charge in [0.1, 0.15) is 12.2 Å². The van der Waals surface area contributed by atoms with E-state index in [2.05, 4.69) is 5.32 Å². The summed E-state index contributed by atoms with van der Waals surface area (Å²) in [5, 5.41) is 11.5. The molecule has 0 unspecified atom stereocenters. The summed E-state index contributed by atoms with van der Waals surface area (Å²) in [6.07, 6.45) is 2.02. The van der Waals surface area contributed by atoms with E-state index in [1.54, 1.807) is 12.0 Å². The number of nitrogens with zero attached hydrogens (tertiary/aromatic N) is 2. The second kappa shape index (κ2) is 8.92. The van der Waals surface area contributed by atoms with Gasteiger partial charge in [-0.1, -0.05) is 12.1 Å². The first kappa shape index (κ1) is 17.8. The Kier molecular flexibility index (Phi) is 6.62. The molecule has 24 heavy (non-hydrogen) atoms. The number of nitrogens with one attached hydrogen (secondary N) is 1. The summed E-state index contributed by atoms with van der Waals surface area (Å²) >= 11 is 0. The molecule has 1 aromatic rings. The minimum atomic E-state index is -0.0977. The SMILES string of the molecule is COc1ccc(CC(=O)NCC2CCN(C(=O)CC#N)CC2)cc1. The molecule has 0 spiro atoms. The average molecular weight is 329 g/mol. The van der Waals surface area contributed by atoms with E-state index < -0.39 is 0 Å². The fraction of sp³-hybridized carbons (Fsp3) is 0.500. The highest BCUT2D eigenvalue weighted by molar-refractivity contribution is 5.79. The van der Waals surface area contributed by atoms with Crippen molar-refractivity contribution < 1.29 is 14.3 Å². The highest BCUT2D eigenvalue weighted by atomic mass is 16.5. The lowest BCUT2D eigenvalue weighted by molar-refractivity contribution is -0.131. The van der Waals surface area contributed by atoms with Crippen LogP contribution in [0.4, 0.5) is 0 Å². The van der Waals surface area contributed by atoms with E-state index in [9.17, 15) is 9.59 Å². The first-order valence-corrected chi connectivity index (χ1v) is 8.16. The highest BCUT2D eigenvalue weighted by Crippen LogP contribution is 2.17. The Morgan fingerprint density at radius 1 is 1.29 bits per heavy atom.